The summed E-state index contributed by atoms with van der Waals surface area (Å²) in [7, 11) is 0. The number of carbonyl (C=O) groups is 1. The van der Waals surface area contributed by atoms with Crippen molar-refractivity contribution in [3.8, 4) is 0 Å². The molecular formula is C9H14F2O3S. The molecule has 1 rings (SSSR count). The Labute approximate surface area is 91.2 Å². The quantitative estimate of drug-likeness (QED) is 0.758. The molecule has 0 aliphatic carbocycles. The molecule has 0 aromatic heterocycles. The monoisotopic (exact) mass is 240 g/mol. The predicted octanol–water partition coefficient (Wildman–Crippen LogP) is 1.44. The van der Waals surface area contributed by atoms with Crippen LogP contribution >= 0.6 is 11.8 Å². The lowest BCUT2D eigenvalue weighted by atomic mass is 9.89. The molecule has 0 radical (unpaired) electrons. The minimum atomic E-state index is -3.80. The molecule has 0 unspecified atom stereocenters. The Bertz CT molecular complexity index is 240. The molecule has 0 aromatic rings. The van der Waals surface area contributed by atoms with Crippen molar-refractivity contribution in [1.82, 2.24) is 0 Å². The van der Waals surface area contributed by atoms with Crippen LogP contribution in [0.1, 0.15) is 19.8 Å². The van der Waals surface area contributed by atoms with Gasteiger partial charge in [-0.15, -0.1) is 0 Å². The third kappa shape index (κ3) is 2.42. The number of hydrogen-bond donors (Lipinski definition) is 1. The molecule has 1 saturated heterocycles. The number of esters is 1. The third-order valence-corrected chi connectivity index (χ3v) is 3.42. The first kappa shape index (κ1) is 12.7. The average Bonchev–Trinajstić information content (AvgIpc) is 2.19. The maximum atomic E-state index is 13.5. The zero-order valence-corrected chi connectivity index (χ0v) is 9.28. The summed E-state index contributed by atoms with van der Waals surface area (Å²) < 4.78 is 31.4. The Morgan fingerprint density at radius 1 is 1.53 bits per heavy atom. The highest BCUT2D eigenvalue weighted by molar-refractivity contribution is 7.99. The van der Waals surface area contributed by atoms with E-state index in [0.29, 0.717) is 11.5 Å². The van der Waals surface area contributed by atoms with E-state index in [9.17, 15) is 18.7 Å². The molecule has 3 nitrogen and oxygen atoms in total. The van der Waals surface area contributed by atoms with Crippen molar-refractivity contribution in [2.45, 2.75) is 31.3 Å². The van der Waals surface area contributed by atoms with E-state index >= 15 is 0 Å². The van der Waals surface area contributed by atoms with Crippen LogP contribution in [0.5, 0.6) is 0 Å². The first-order valence-corrected chi connectivity index (χ1v) is 5.94. The van der Waals surface area contributed by atoms with Gasteiger partial charge in [-0.25, -0.2) is 4.79 Å². The van der Waals surface area contributed by atoms with Crippen molar-refractivity contribution >= 4 is 17.7 Å². The second kappa shape index (κ2) is 4.65. The summed E-state index contributed by atoms with van der Waals surface area (Å²) in [5.74, 6) is -4.56. The molecule has 15 heavy (non-hydrogen) atoms. The summed E-state index contributed by atoms with van der Waals surface area (Å²) in [5, 5.41) is 9.73. The molecule has 88 valence electrons. The fourth-order valence-electron chi connectivity index (χ4n) is 1.43. The molecule has 0 bridgehead atoms. The van der Waals surface area contributed by atoms with Gasteiger partial charge in [0.2, 0.25) is 0 Å². The molecule has 1 aliphatic heterocycles. The Balaban J connectivity index is 2.77. The standard InChI is InChI=1S/C9H14F2O3S/c1-2-14-7(12)9(10,11)8(13)3-5-15-6-4-8/h13H,2-6H2,1H3. The predicted molar refractivity (Wildman–Crippen MR) is 53.1 cm³/mol. The van der Waals surface area contributed by atoms with Crippen LogP contribution in [0.25, 0.3) is 0 Å². The van der Waals surface area contributed by atoms with Crippen LogP contribution in [0.4, 0.5) is 8.78 Å². The molecule has 0 atom stereocenters. The van der Waals surface area contributed by atoms with E-state index in [2.05, 4.69) is 4.74 Å². The van der Waals surface area contributed by atoms with Gasteiger partial charge >= 0.3 is 11.9 Å². The van der Waals surface area contributed by atoms with Crippen molar-refractivity contribution in [1.29, 1.82) is 0 Å². The van der Waals surface area contributed by atoms with E-state index < -0.39 is 17.5 Å². The van der Waals surface area contributed by atoms with Crippen molar-refractivity contribution in [3.05, 3.63) is 0 Å². The van der Waals surface area contributed by atoms with Gasteiger partial charge in [-0.1, -0.05) is 0 Å². The van der Waals surface area contributed by atoms with E-state index in [4.69, 9.17) is 0 Å². The molecule has 1 heterocycles. The molecule has 0 amide bonds. The topological polar surface area (TPSA) is 46.5 Å². The number of rotatable bonds is 3. The van der Waals surface area contributed by atoms with Gasteiger partial charge in [0.25, 0.3) is 0 Å². The molecule has 0 aromatic carbocycles. The van der Waals surface area contributed by atoms with Gasteiger partial charge in [0, 0.05) is 0 Å². The van der Waals surface area contributed by atoms with E-state index in [1.165, 1.54) is 18.7 Å². The van der Waals surface area contributed by atoms with Crippen LogP contribution in [0.2, 0.25) is 0 Å². The highest BCUT2D eigenvalue weighted by atomic mass is 32.2. The summed E-state index contributed by atoms with van der Waals surface area (Å²) in [6.45, 7) is 1.34. The van der Waals surface area contributed by atoms with Gasteiger partial charge in [0.15, 0.2) is 0 Å². The fraction of sp³-hybridized carbons (Fsp3) is 0.889. The first-order chi connectivity index (χ1) is 6.94. The smallest absolute Gasteiger partial charge is 0.380 e. The largest absolute Gasteiger partial charge is 0.461 e. The maximum absolute atomic E-state index is 13.5. The number of alkyl halides is 2. The molecule has 1 N–H and O–H groups in total. The van der Waals surface area contributed by atoms with Gasteiger partial charge in [-0.3, -0.25) is 0 Å². The lowest BCUT2D eigenvalue weighted by Gasteiger charge is -2.36. The SMILES string of the molecule is CCOC(=O)C(F)(F)C1(O)CCSCC1. The highest BCUT2D eigenvalue weighted by Crippen LogP contribution is 2.40. The normalized spacial score (nSPS) is 21.1. The van der Waals surface area contributed by atoms with Crippen LogP contribution in [0.3, 0.4) is 0 Å². The van der Waals surface area contributed by atoms with Crippen LogP contribution in [0, 0.1) is 0 Å². The first-order valence-electron chi connectivity index (χ1n) is 4.79. The van der Waals surface area contributed by atoms with E-state index in [0.717, 1.165) is 0 Å². The molecule has 6 heteroatoms. The summed E-state index contributed by atoms with van der Waals surface area (Å²) in [6.07, 6.45) is -0.160. The molecule has 0 spiro atoms. The van der Waals surface area contributed by atoms with Crippen LogP contribution in [0.15, 0.2) is 0 Å². The molecule has 0 saturated carbocycles. The fourth-order valence-corrected chi connectivity index (χ4v) is 2.60. The number of thioether (sulfide) groups is 1. The van der Waals surface area contributed by atoms with E-state index in [1.54, 1.807) is 0 Å². The summed E-state index contributed by atoms with van der Waals surface area (Å²) in [6, 6.07) is 0. The zero-order chi connectivity index (χ0) is 11.5. The molecule has 1 aliphatic rings. The van der Waals surface area contributed by atoms with Gasteiger partial charge < -0.3 is 9.84 Å². The van der Waals surface area contributed by atoms with Crippen molar-refractivity contribution in [2.75, 3.05) is 18.1 Å². The number of aliphatic hydroxyl groups is 1. The lowest BCUT2D eigenvalue weighted by Crippen LogP contribution is -2.55. The maximum Gasteiger partial charge on any atom is 0.380 e. The van der Waals surface area contributed by atoms with Crippen LogP contribution < -0.4 is 0 Å². The van der Waals surface area contributed by atoms with Crippen LogP contribution in [-0.2, 0) is 9.53 Å². The average molecular weight is 240 g/mol. The Kier molecular flexibility index (Phi) is 3.94. The van der Waals surface area contributed by atoms with Crippen molar-refractivity contribution in [2.24, 2.45) is 0 Å². The third-order valence-electron chi connectivity index (χ3n) is 2.44. The van der Waals surface area contributed by atoms with Crippen molar-refractivity contribution < 1.29 is 23.4 Å². The Morgan fingerprint density at radius 2 is 2.07 bits per heavy atom. The van der Waals surface area contributed by atoms with Crippen molar-refractivity contribution in [3.63, 3.8) is 0 Å². The Morgan fingerprint density at radius 3 is 2.53 bits per heavy atom. The summed E-state index contributed by atoms with van der Waals surface area (Å²) >= 11 is 1.49. The number of hydrogen-bond acceptors (Lipinski definition) is 4. The lowest BCUT2D eigenvalue weighted by molar-refractivity contribution is -0.215. The molecular weight excluding hydrogens is 226 g/mol. The molecule has 1 fully saturated rings. The van der Waals surface area contributed by atoms with Gasteiger partial charge in [-0.2, -0.15) is 20.5 Å². The number of halogens is 2. The van der Waals surface area contributed by atoms with Gasteiger partial charge in [0.05, 0.1) is 6.61 Å². The van der Waals surface area contributed by atoms with Gasteiger partial charge in [-0.05, 0) is 31.3 Å². The highest BCUT2D eigenvalue weighted by Gasteiger charge is 2.59. The minimum absolute atomic E-state index is 0.0799. The zero-order valence-electron chi connectivity index (χ0n) is 8.46. The van der Waals surface area contributed by atoms with E-state index in [1.807, 2.05) is 0 Å². The Hall–Kier alpha value is -0.360. The number of carbonyl (C=O) groups excluding carboxylic acids is 1. The summed E-state index contributed by atoms with van der Waals surface area (Å²) in [5.41, 5.74) is -2.23. The van der Waals surface area contributed by atoms with Crippen LogP contribution in [-0.4, -0.2) is 40.7 Å². The summed E-state index contributed by atoms with van der Waals surface area (Å²) in [4.78, 5) is 11.0. The van der Waals surface area contributed by atoms with E-state index in [-0.39, 0.29) is 19.4 Å². The van der Waals surface area contributed by atoms with Gasteiger partial charge in [0.1, 0.15) is 5.60 Å². The second-order valence-corrected chi connectivity index (χ2v) is 4.66. The number of ether oxygens (including phenoxy) is 1. The second-order valence-electron chi connectivity index (χ2n) is 3.44. The minimum Gasteiger partial charge on any atom is -0.461 e.